The van der Waals surface area contributed by atoms with Crippen molar-refractivity contribution in [3.8, 4) is 5.75 Å². The van der Waals surface area contributed by atoms with Crippen LogP contribution in [-0.2, 0) is 4.74 Å². The minimum absolute atomic E-state index is 0.664. The van der Waals surface area contributed by atoms with Gasteiger partial charge >= 0.3 is 0 Å². The van der Waals surface area contributed by atoms with E-state index in [0.717, 1.165) is 37.7 Å². The van der Waals surface area contributed by atoms with Gasteiger partial charge in [0.1, 0.15) is 0 Å². The summed E-state index contributed by atoms with van der Waals surface area (Å²) in [6, 6.07) is 3.83. The molecule has 0 spiro atoms. The lowest BCUT2D eigenvalue weighted by Crippen LogP contribution is -2.10. The smallest absolute Gasteiger partial charge is 0.168 e. The summed E-state index contributed by atoms with van der Waals surface area (Å²) in [5.74, 6) is 2.37. The summed E-state index contributed by atoms with van der Waals surface area (Å²) in [5, 5.41) is 3.33. The van der Waals surface area contributed by atoms with Gasteiger partial charge in [-0.15, -0.1) is 0 Å². The van der Waals surface area contributed by atoms with Gasteiger partial charge in [0.25, 0.3) is 0 Å². The van der Waals surface area contributed by atoms with E-state index < -0.39 is 0 Å². The van der Waals surface area contributed by atoms with Crippen molar-refractivity contribution in [2.45, 2.75) is 19.8 Å². The Morgan fingerprint density at radius 1 is 1.59 bits per heavy atom. The number of pyridine rings is 1. The van der Waals surface area contributed by atoms with E-state index in [1.165, 1.54) is 6.42 Å². The van der Waals surface area contributed by atoms with Crippen molar-refractivity contribution in [2.24, 2.45) is 5.92 Å². The molecular formula is C13H20N2O2. The molecule has 0 aliphatic carbocycles. The largest absolute Gasteiger partial charge is 0.490 e. The molecule has 4 heteroatoms. The van der Waals surface area contributed by atoms with Crippen molar-refractivity contribution in [2.75, 3.05) is 31.7 Å². The van der Waals surface area contributed by atoms with E-state index >= 15 is 0 Å². The van der Waals surface area contributed by atoms with Crippen LogP contribution in [0.15, 0.2) is 18.3 Å². The summed E-state index contributed by atoms with van der Waals surface area (Å²) >= 11 is 0. The summed E-state index contributed by atoms with van der Waals surface area (Å²) in [6.45, 7) is 5.38. The second-order valence-corrected chi connectivity index (χ2v) is 4.23. The van der Waals surface area contributed by atoms with Crippen LogP contribution in [0.1, 0.15) is 19.8 Å². The van der Waals surface area contributed by atoms with Gasteiger partial charge < -0.3 is 14.8 Å². The van der Waals surface area contributed by atoms with Gasteiger partial charge in [-0.2, -0.15) is 0 Å². The third-order valence-corrected chi connectivity index (χ3v) is 2.94. The molecule has 1 aromatic heterocycles. The predicted octanol–water partition coefficient (Wildman–Crippen LogP) is 2.32. The Balaban J connectivity index is 1.80. The van der Waals surface area contributed by atoms with Crippen LogP contribution in [0.3, 0.4) is 0 Å². The molecule has 0 amide bonds. The molecule has 0 bridgehead atoms. The first-order valence-electron chi connectivity index (χ1n) is 6.29. The number of hydrogen-bond donors (Lipinski definition) is 1. The minimum atomic E-state index is 0.664. The number of ether oxygens (including phenoxy) is 2. The van der Waals surface area contributed by atoms with Crippen LogP contribution < -0.4 is 10.1 Å². The lowest BCUT2D eigenvalue weighted by molar-refractivity contribution is 0.185. The number of nitrogens with one attached hydrogen (secondary N) is 1. The Labute approximate surface area is 102 Å². The van der Waals surface area contributed by atoms with Crippen LogP contribution in [-0.4, -0.2) is 31.3 Å². The summed E-state index contributed by atoms with van der Waals surface area (Å²) in [4.78, 5) is 4.29. The molecule has 2 heterocycles. The molecule has 1 saturated heterocycles. The fraction of sp³-hybridized carbons (Fsp3) is 0.615. The molecule has 17 heavy (non-hydrogen) atoms. The Hall–Kier alpha value is -1.29. The quantitative estimate of drug-likeness (QED) is 0.823. The molecule has 2 rings (SSSR count). The van der Waals surface area contributed by atoms with Crippen molar-refractivity contribution in [3.63, 3.8) is 0 Å². The molecule has 1 N–H and O–H groups in total. The highest BCUT2D eigenvalue weighted by Gasteiger charge is 2.15. The lowest BCUT2D eigenvalue weighted by atomic mass is 10.1. The van der Waals surface area contributed by atoms with Gasteiger partial charge in [-0.1, -0.05) is 0 Å². The number of nitrogens with zero attached hydrogens (tertiary/aromatic N) is 1. The second-order valence-electron chi connectivity index (χ2n) is 4.23. The molecule has 4 nitrogen and oxygen atoms in total. The molecule has 1 aliphatic heterocycles. The topological polar surface area (TPSA) is 43.4 Å². The first kappa shape index (κ1) is 12.2. The monoisotopic (exact) mass is 236 g/mol. The molecule has 94 valence electrons. The van der Waals surface area contributed by atoms with Crippen molar-refractivity contribution < 1.29 is 9.47 Å². The van der Waals surface area contributed by atoms with E-state index in [-0.39, 0.29) is 0 Å². The molecule has 0 aromatic carbocycles. The normalized spacial score (nSPS) is 19.2. The maximum Gasteiger partial charge on any atom is 0.168 e. The standard InChI is InChI=1S/C13H20N2O2/c1-2-17-12-4-3-7-14-13(12)15-8-5-11-6-9-16-10-11/h3-4,7,11H,2,5-6,8-10H2,1H3,(H,14,15). The SMILES string of the molecule is CCOc1cccnc1NCCC1CCOC1. The zero-order valence-corrected chi connectivity index (χ0v) is 10.3. The second kappa shape index (κ2) is 6.45. The fourth-order valence-electron chi connectivity index (χ4n) is 2.00. The predicted molar refractivity (Wildman–Crippen MR) is 67.4 cm³/mol. The van der Waals surface area contributed by atoms with Crippen LogP contribution >= 0.6 is 0 Å². The molecule has 0 radical (unpaired) electrons. The maximum absolute atomic E-state index is 5.51. The average molecular weight is 236 g/mol. The molecule has 1 unspecified atom stereocenters. The molecule has 1 aromatic rings. The van der Waals surface area contributed by atoms with Gasteiger partial charge in [0, 0.05) is 26.0 Å². The van der Waals surface area contributed by atoms with Crippen LogP contribution in [0.4, 0.5) is 5.82 Å². The lowest BCUT2D eigenvalue weighted by Gasteiger charge is -2.12. The van der Waals surface area contributed by atoms with Crippen molar-refractivity contribution >= 4 is 5.82 Å². The van der Waals surface area contributed by atoms with Crippen molar-refractivity contribution in [3.05, 3.63) is 18.3 Å². The van der Waals surface area contributed by atoms with Crippen LogP contribution in [0, 0.1) is 5.92 Å². The first-order chi connectivity index (χ1) is 8.40. The number of hydrogen-bond acceptors (Lipinski definition) is 4. The minimum Gasteiger partial charge on any atom is -0.490 e. The van der Waals surface area contributed by atoms with E-state index in [0.29, 0.717) is 12.5 Å². The molecule has 1 atom stereocenters. The van der Waals surface area contributed by atoms with Gasteiger partial charge in [0.2, 0.25) is 0 Å². The summed E-state index contributed by atoms with van der Waals surface area (Å²) in [5.41, 5.74) is 0. The molecule has 1 aliphatic rings. The first-order valence-corrected chi connectivity index (χ1v) is 6.29. The summed E-state index contributed by atoms with van der Waals surface area (Å²) in [7, 11) is 0. The van der Waals surface area contributed by atoms with E-state index in [1.807, 2.05) is 19.1 Å². The zero-order chi connectivity index (χ0) is 11.9. The molecule has 1 fully saturated rings. The van der Waals surface area contributed by atoms with Crippen LogP contribution in [0.5, 0.6) is 5.75 Å². The fourth-order valence-corrected chi connectivity index (χ4v) is 2.00. The van der Waals surface area contributed by atoms with Crippen molar-refractivity contribution in [1.29, 1.82) is 0 Å². The van der Waals surface area contributed by atoms with E-state index in [4.69, 9.17) is 9.47 Å². The molecule has 0 saturated carbocycles. The van der Waals surface area contributed by atoms with E-state index in [1.54, 1.807) is 6.20 Å². The van der Waals surface area contributed by atoms with Gasteiger partial charge in [-0.25, -0.2) is 4.98 Å². The van der Waals surface area contributed by atoms with Gasteiger partial charge in [0.05, 0.1) is 6.61 Å². The Kier molecular flexibility index (Phi) is 4.62. The highest BCUT2D eigenvalue weighted by Crippen LogP contribution is 2.22. The Morgan fingerprint density at radius 2 is 2.53 bits per heavy atom. The number of aromatic nitrogens is 1. The number of rotatable bonds is 6. The van der Waals surface area contributed by atoms with Crippen molar-refractivity contribution in [1.82, 2.24) is 4.98 Å². The third-order valence-electron chi connectivity index (χ3n) is 2.94. The van der Waals surface area contributed by atoms with Crippen LogP contribution in [0.25, 0.3) is 0 Å². The Bertz CT molecular complexity index is 338. The summed E-state index contributed by atoms with van der Waals surface area (Å²) < 4.78 is 10.9. The van der Waals surface area contributed by atoms with E-state index in [9.17, 15) is 0 Å². The Morgan fingerprint density at radius 3 is 3.29 bits per heavy atom. The van der Waals surface area contributed by atoms with Gasteiger partial charge in [0.15, 0.2) is 11.6 Å². The average Bonchev–Trinajstić information content (AvgIpc) is 2.85. The molecular weight excluding hydrogens is 216 g/mol. The van der Waals surface area contributed by atoms with E-state index in [2.05, 4.69) is 10.3 Å². The highest BCUT2D eigenvalue weighted by molar-refractivity contribution is 5.49. The summed E-state index contributed by atoms with van der Waals surface area (Å²) in [6.07, 6.45) is 4.09. The highest BCUT2D eigenvalue weighted by atomic mass is 16.5. The third kappa shape index (κ3) is 3.60. The van der Waals surface area contributed by atoms with Gasteiger partial charge in [-0.05, 0) is 37.8 Å². The number of anilines is 1. The maximum atomic E-state index is 5.51. The van der Waals surface area contributed by atoms with Gasteiger partial charge in [-0.3, -0.25) is 0 Å². The zero-order valence-electron chi connectivity index (χ0n) is 10.3. The van der Waals surface area contributed by atoms with Crippen LogP contribution in [0.2, 0.25) is 0 Å².